The van der Waals surface area contributed by atoms with Gasteiger partial charge in [0, 0.05) is 17.8 Å². The minimum Gasteiger partial charge on any atom is -0.482 e. The Hall–Kier alpha value is -2.51. The van der Waals surface area contributed by atoms with Gasteiger partial charge < -0.3 is 14.6 Å². The quantitative estimate of drug-likeness (QED) is 0.568. The van der Waals surface area contributed by atoms with Gasteiger partial charge in [0.1, 0.15) is 5.75 Å². The molecule has 0 bridgehead atoms. The van der Waals surface area contributed by atoms with Gasteiger partial charge in [-0.1, -0.05) is 47.6 Å². The Bertz CT molecular complexity index is 976. The number of nitrogens with zero attached hydrogens (tertiary/aromatic N) is 3. The van der Waals surface area contributed by atoms with Gasteiger partial charge in [0.2, 0.25) is 5.91 Å². The molecule has 3 aromatic rings. The summed E-state index contributed by atoms with van der Waals surface area (Å²) in [6, 6.07) is 14.9. The first-order valence-corrected chi connectivity index (χ1v) is 10.1. The number of anilines is 1. The molecule has 28 heavy (non-hydrogen) atoms. The summed E-state index contributed by atoms with van der Waals surface area (Å²) >= 11 is 7.25. The maximum absolute atomic E-state index is 12.2. The first-order valence-electron chi connectivity index (χ1n) is 8.74. The van der Waals surface area contributed by atoms with Crippen molar-refractivity contribution in [3.8, 4) is 5.75 Å². The summed E-state index contributed by atoms with van der Waals surface area (Å²) in [5.74, 6) is 1.58. The van der Waals surface area contributed by atoms with Crippen LogP contribution >= 0.6 is 23.4 Å². The Morgan fingerprint density at radius 1 is 1.25 bits per heavy atom. The van der Waals surface area contributed by atoms with Crippen LogP contribution in [0.4, 0.5) is 5.69 Å². The molecule has 3 rings (SSSR count). The van der Waals surface area contributed by atoms with Gasteiger partial charge in [-0.15, -0.1) is 10.2 Å². The molecule has 2 aromatic carbocycles. The number of hydrogen-bond acceptors (Lipinski definition) is 5. The number of carbonyl (C=O) groups is 1. The van der Waals surface area contributed by atoms with Crippen molar-refractivity contribution in [2.45, 2.75) is 25.1 Å². The highest BCUT2D eigenvalue weighted by molar-refractivity contribution is 7.99. The van der Waals surface area contributed by atoms with Crippen LogP contribution in [0.25, 0.3) is 0 Å². The Morgan fingerprint density at radius 3 is 2.79 bits per heavy atom. The number of amides is 1. The highest BCUT2D eigenvalue weighted by Gasteiger charge is 2.18. The van der Waals surface area contributed by atoms with Crippen LogP contribution in [0.3, 0.4) is 0 Å². The largest absolute Gasteiger partial charge is 0.482 e. The lowest BCUT2D eigenvalue weighted by atomic mass is 10.2. The zero-order valence-electron chi connectivity index (χ0n) is 15.8. The Balaban J connectivity index is 1.59. The van der Waals surface area contributed by atoms with E-state index < -0.39 is 0 Å². The molecule has 8 heteroatoms. The van der Waals surface area contributed by atoms with E-state index in [1.54, 1.807) is 24.3 Å². The summed E-state index contributed by atoms with van der Waals surface area (Å²) in [6.07, 6.45) is -0.270. The molecular weight excluding hydrogens is 396 g/mol. The van der Waals surface area contributed by atoms with E-state index in [9.17, 15) is 4.79 Å². The van der Waals surface area contributed by atoms with Gasteiger partial charge >= 0.3 is 0 Å². The van der Waals surface area contributed by atoms with E-state index in [2.05, 4.69) is 15.5 Å². The van der Waals surface area contributed by atoms with E-state index >= 15 is 0 Å². The van der Waals surface area contributed by atoms with E-state index in [1.165, 1.54) is 11.8 Å². The number of hydrogen-bond donors (Lipinski definition) is 1. The van der Waals surface area contributed by atoms with Crippen LogP contribution in [-0.2, 0) is 11.8 Å². The van der Waals surface area contributed by atoms with Crippen molar-refractivity contribution < 1.29 is 9.53 Å². The van der Waals surface area contributed by atoms with E-state index in [1.807, 2.05) is 49.7 Å². The summed E-state index contributed by atoms with van der Waals surface area (Å²) in [5.41, 5.74) is 1.72. The van der Waals surface area contributed by atoms with Gasteiger partial charge in [0.25, 0.3) is 0 Å². The van der Waals surface area contributed by atoms with E-state index in [0.29, 0.717) is 21.7 Å². The molecule has 146 valence electrons. The molecule has 0 fully saturated rings. The number of aromatic nitrogens is 3. The zero-order chi connectivity index (χ0) is 20.1. The second-order valence-electron chi connectivity index (χ2n) is 6.27. The van der Waals surface area contributed by atoms with E-state index in [4.69, 9.17) is 16.3 Å². The fourth-order valence-corrected chi connectivity index (χ4v) is 3.54. The number of benzene rings is 2. The molecule has 6 nitrogen and oxygen atoms in total. The predicted octanol–water partition coefficient (Wildman–Crippen LogP) is 4.65. The monoisotopic (exact) mass is 416 g/mol. The first-order chi connectivity index (χ1) is 13.4. The number of para-hydroxylation sites is 1. The van der Waals surface area contributed by atoms with Gasteiger partial charge in [0.05, 0.1) is 5.75 Å². The first kappa shape index (κ1) is 20.2. The number of aryl methyl sites for hydroxylation is 1. The molecule has 1 atom stereocenters. The normalized spacial score (nSPS) is 11.9. The van der Waals surface area contributed by atoms with Crippen molar-refractivity contribution >= 4 is 35.0 Å². The second-order valence-corrected chi connectivity index (χ2v) is 7.65. The zero-order valence-corrected chi connectivity index (χ0v) is 17.4. The predicted molar refractivity (Wildman–Crippen MR) is 112 cm³/mol. The molecule has 0 aliphatic rings. The third-order valence-corrected chi connectivity index (χ3v) is 5.33. The minimum atomic E-state index is -0.270. The summed E-state index contributed by atoms with van der Waals surface area (Å²) in [4.78, 5) is 12.2. The Morgan fingerprint density at radius 2 is 2.04 bits per heavy atom. The molecular formula is C20H21ClN4O2S. The molecule has 0 spiro atoms. The lowest BCUT2D eigenvalue weighted by Gasteiger charge is -2.15. The van der Waals surface area contributed by atoms with Crippen LogP contribution in [0, 0.1) is 6.92 Å². The smallest absolute Gasteiger partial charge is 0.234 e. The van der Waals surface area contributed by atoms with Gasteiger partial charge in [0.15, 0.2) is 17.1 Å². The van der Waals surface area contributed by atoms with Gasteiger partial charge in [-0.2, -0.15) is 0 Å². The highest BCUT2D eigenvalue weighted by Crippen LogP contribution is 2.25. The Kier molecular flexibility index (Phi) is 6.59. The average molecular weight is 417 g/mol. The molecule has 1 heterocycles. The van der Waals surface area contributed by atoms with Crippen molar-refractivity contribution in [2.24, 2.45) is 7.05 Å². The number of nitrogens with one attached hydrogen (secondary N) is 1. The molecule has 0 saturated carbocycles. The van der Waals surface area contributed by atoms with Crippen molar-refractivity contribution in [3.63, 3.8) is 0 Å². The molecule has 1 amide bonds. The molecule has 0 aliphatic heterocycles. The van der Waals surface area contributed by atoms with E-state index in [-0.39, 0.29) is 17.8 Å². The number of thioether (sulfide) groups is 1. The third kappa shape index (κ3) is 5.05. The third-order valence-electron chi connectivity index (χ3n) is 4.07. The van der Waals surface area contributed by atoms with Crippen molar-refractivity contribution in [1.82, 2.24) is 14.8 Å². The van der Waals surface area contributed by atoms with Gasteiger partial charge in [-0.05, 0) is 43.7 Å². The van der Waals surface area contributed by atoms with Crippen LogP contribution in [-0.4, -0.2) is 26.4 Å². The van der Waals surface area contributed by atoms with Crippen molar-refractivity contribution in [2.75, 3.05) is 11.1 Å². The minimum absolute atomic E-state index is 0.138. The number of rotatable bonds is 7. The number of carbonyl (C=O) groups excluding carboxylic acids is 1. The van der Waals surface area contributed by atoms with E-state index in [0.717, 1.165) is 11.3 Å². The molecule has 0 saturated heterocycles. The van der Waals surface area contributed by atoms with Gasteiger partial charge in [-0.25, -0.2) is 0 Å². The summed E-state index contributed by atoms with van der Waals surface area (Å²) < 4.78 is 7.86. The summed E-state index contributed by atoms with van der Waals surface area (Å²) in [6.45, 7) is 3.93. The fraction of sp³-hybridized carbons (Fsp3) is 0.250. The van der Waals surface area contributed by atoms with Gasteiger partial charge in [-0.3, -0.25) is 4.79 Å². The maximum Gasteiger partial charge on any atom is 0.234 e. The molecule has 1 aromatic heterocycles. The molecule has 0 aliphatic carbocycles. The topological polar surface area (TPSA) is 69.0 Å². The van der Waals surface area contributed by atoms with Crippen LogP contribution in [0.1, 0.15) is 24.4 Å². The summed E-state index contributed by atoms with van der Waals surface area (Å²) in [5, 5.41) is 12.5. The summed E-state index contributed by atoms with van der Waals surface area (Å²) in [7, 11) is 1.87. The highest BCUT2D eigenvalue weighted by atomic mass is 35.5. The molecule has 1 unspecified atom stereocenters. The van der Waals surface area contributed by atoms with Crippen LogP contribution < -0.4 is 10.1 Å². The van der Waals surface area contributed by atoms with Crippen LogP contribution in [0.15, 0.2) is 53.7 Å². The van der Waals surface area contributed by atoms with Crippen molar-refractivity contribution in [3.05, 3.63) is 64.9 Å². The average Bonchev–Trinajstić information content (AvgIpc) is 3.02. The second kappa shape index (κ2) is 9.12. The Labute approximate surface area is 173 Å². The lowest BCUT2D eigenvalue weighted by molar-refractivity contribution is -0.113. The number of ether oxygens (including phenoxy) is 1. The number of halogens is 1. The fourth-order valence-electron chi connectivity index (χ4n) is 2.63. The molecule has 1 N–H and O–H groups in total. The maximum atomic E-state index is 12.2. The lowest BCUT2D eigenvalue weighted by Crippen LogP contribution is -2.15. The molecule has 0 radical (unpaired) electrons. The SMILES string of the molecule is Cc1ccccc1OC(C)c1nnc(SCC(=O)Nc2cccc(Cl)c2)n1C. The van der Waals surface area contributed by atoms with Crippen LogP contribution in [0.5, 0.6) is 5.75 Å². The van der Waals surface area contributed by atoms with Crippen LogP contribution in [0.2, 0.25) is 5.02 Å². The van der Waals surface area contributed by atoms with Crippen molar-refractivity contribution in [1.29, 1.82) is 0 Å². The standard InChI is InChI=1S/C20H21ClN4O2S/c1-13-7-4-5-10-17(13)27-14(2)19-23-24-20(25(19)3)28-12-18(26)22-16-9-6-8-15(21)11-16/h4-11,14H,12H2,1-3H3,(H,22,26).